The second-order valence-electron chi connectivity index (χ2n) is 8.87. The van der Waals surface area contributed by atoms with Crippen LogP contribution in [0.15, 0.2) is 6.20 Å². The second-order valence-corrected chi connectivity index (χ2v) is 9.97. The van der Waals surface area contributed by atoms with Gasteiger partial charge in [0.15, 0.2) is 5.13 Å². The summed E-state index contributed by atoms with van der Waals surface area (Å²) in [5.41, 5.74) is -0.513. The van der Waals surface area contributed by atoms with Crippen molar-refractivity contribution in [2.24, 2.45) is 0 Å². The van der Waals surface area contributed by atoms with Gasteiger partial charge in [0.25, 0.3) is 0 Å². The lowest BCUT2D eigenvalue weighted by molar-refractivity contribution is -0.156. The highest BCUT2D eigenvalue weighted by atomic mass is 32.1. The number of esters is 2. The Morgan fingerprint density at radius 2 is 1.97 bits per heavy atom. The number of thiazole rings is 1. The highest BCUT2D eigenvalue weighted by Crippen LogP contribution is 2.34. The van der Waals surface area contributed by atoms with Crippen LogP contribution in [-0.4, -0.2) is 66.3 Å². The molecule has 8 heteroatoms. The maximum Gasteiger partial charge on any atom is 0.329 e. The van der Waals surface area contributed by atoms with Crippen LogP contribution in [0.3, 0.4) is 0 Å². The van der Waals surface area contributed by atoms with E-state index < -0.39 is 5.60 Å². The molecule has 0 N–H and O–H groups in total. The zero-order valence-electron chi connectivity index (χ0n) is 18.0. The van der Waals surface area contributed by atoms with Crippen molar-refractivity contribution in [3.05, 3.63) is 11.1 Å². The average molecular weight is 424 g/mol. The van der Waals surface area contributed by atoms with E-state index in [4.69, 9.17) is 9.47 Å². The number of carbonyl (C=O) groups excluding carboxylic acids is 2. The van der Waals surface area contributed by atoms with Gasteiger partial charge in [-0.15, -0.1) is 11.3 Å². The number of ether oxygens (including phenoxy) is 2. The Labute approximate surface area is 177 Å². The number of aryl methyl sites for hydroxylation is 1. The van der Waals surface area contributed by atoms with E-state index in [9.17, 15) is 9.59 Å². The van der Waals surface area contributed by atoms with E-state index in [0.717, 1.165) is 36.1 Å². The Hall–Kier alpha value is -1.67. The van der Waals surface area contributed by atoms with E-state index in [0.29, 0.717) is 18.9 Å². The van der Waals surface area contributed by atoms with E-state index >= 15 is 0 Å². The van der Waals surface area contributed by atoms with Crippen molar-refractivity contribution in [3.8, 4) is 0 Å². The Morgan fingerprint density at radius 1 is 1.24 bits per heavy atom. The SMILES string of the molecule is COC(=O)CCc1cnc(N2C[C@@H](N3CCCCC3)C[C@H]2C(=O)OC(C)(C)C)s1. The molecule has 0 spiro atoms. The van der Waals surface area contributed by atoms with Crippen LogP contribution in [0, 0.1) is 0 Å². The summed E-state index contributed by atoms with van der Waals surface area (Å²) < 4.78 is 10.4. The second kappa shape index (κ2) is 9.43. The number of rotatable bonds is 6. The zero-order chi connectivity index (χ0) is 21.0. The molecule has 0 amide bonds. The summed E-state index contributed by atoms with van der Waals surface area (Å²) in [5.74, 6) is -0.402. The maximum atomic E-state index is 13.0. The van der Waals surface area contributed by atoms with Crippen molar-refractivity contribution in [2.75, 3.05) is 31.6 Å². The molecule has 0 radical (unpaired) electrons. The molecule has 0 unspecified atom stereocenters. The molecule has 2 aliphatic rings. The minimum Gasteiger partial charge on any atom is -0.469 e. The van der Waals surface area contributed by atoms with Crippen molar-refractivity contribution in [1.29, 1.82) is 0 Å². The quantitative estimate of drug-likeness (QED) is 0.651. The van der Waals surface area contributed by atoms with Gasteiger partial charge in [-0.25, -0.2) is 9.78 Å². The maximum absolute atomic E-state index is 13.0. The molecule has 1 aromatic rings. The van der Waals surface area contributed by atoms with Crippen LogP contribution in [-0.2, 0) is 25.5 Å². The van der Waals surface area contributed by atoms with Crippen molar-refractivity contribution in [1.82, 2.24) is 9.88 Å². The minimum atomic E-state index is -0.513. The standard InChI is InChI=1S/C21H33N3O4S/c1-21(2,3)28-19(26)17-12-15(23-10-6-5-7-11-23)14-24(17)20-22-13-16(29-20)8-9-18(25)27-4/h13,15,17H,5-12,14H2,1-4H3/t15-,17-/m0/s1. The highest BCUT2D eigenvalue weighted by Gasteiger charge is 2.42. The molecule has 0 aromatic carbocycles. The summed E-state index contributed by atoms with van der Waals surface area (Å²) in [7, 11) is 1.40. The third-order valence-electron chi connectivity index (χ3n) is 5.46. The summed E-state index contributed by atoms with van der Waals surface area (Å²) in [6, 6.07) is 0.0241. The van der Waals surface area contributed by atoms with Gasteiger partial charge in [0.05, 0.1) is 13.5 Å². The molecule has 7 nitrogen and oxygen atoms in total. The number of hydrogen-bond donors (Lipinski definition) is 0. The lowest BCUT2D eigenvalue weighted by atomic mass is 10.1. The minimum absolute atomic E-state index is 0.177. The van der Waals surface area contributed by atoms with E-state index in [1.165, 1.54) is 26.4 Å². The van der Waals surface area contributed by atoms with Crippen LogP contribution in [0.2, 0.25) is 0 Å². The average Bonchev–Trinajstić information content (AvgIpc) is 3.32. The van der Waals surface area contributed by atoms with Gasteiger partial charge in [-0.1, -0.05) is 6.42 Å². The van der Waals surface area contributed by atoms with Gasteiger partial charge in [-0.3, -0.25) is 9.69 Å². The molecule has 2 saturated heterocycles. The normalized spacial score (nSPS) is 23.2. The summed E-state index contributed by atoms with van der Waals surface area (Å²) in [6.45, 7) is 8.69. The van der Waals surface area contributed by atoms with Crippen LogP contribution < -0.4 is 4.90 Å². The van der Waals surface area contributed by atoms with Gasteiger partial charge in [-0.2, -0.15) is 0 Å². The lowest BCUT2D eigenvalue weighted by Gasteiger charge is -2.31. The van der Waals surface area contributed by atoms with Crippen molar-refractivity contribution >= 4 is 28.4 Å². The summed E-state index contributed by atoms with van der Waals surface area (Å²) in [6.07, 6.45) is 7.26. The molecular formula is C21H33N3O4S. The third-order valence-corrected chi connectivity index (χ3v) is 6.55. The van der Waals surface area contributed by atoms with Crippen LogP contribution >= 0.6 is 11.3 Å². The molecule has 3 rings (SSSR count). The smallest absolute Gasteiger partial charge is 0.329 e. The van der Waals surface area contributed by atoms with Gasteiger partial charge in [0, 0.05) is 23.7 Å². The topological polar surface area (TPSA) is 72.0 Å². The predicted octanol–water partition coefficient (Wildman–Crippen LogP) is 3.02. The van der Waals surface area contributed by atoms with E-state index in [-0.39, 0.29) is 18.0 Å². The Kier molecular flexibility index (Phi) is 7.16. The van der Waals surface area contributed by atoms with Crippen molar-refractivity contribution < 1.29 is 19.1 Å². The monoisotopic (exact) mass is 423 g/mol. The first-order valence-electron chi connectivity index (χ1n) is 10.5. The predicted molar refractivity (Wildman–Crippen MR) is 113 cm³/mol. The third kappa shape index (κ3) is 5.92. The number of carbonyl (C=O) groups is 2. The fourth-order valence-corrected chi connectivity index (χ4v) is 5.01. The molecule has 1 aromatic heterocycles. The number of piperidine rings is 1. The van der Waals surface area contributed by atoms with Crippen LogP contribution in [0.5, 0.6) is 0 Å². The number of nitrogens with zero attached hydrogens (tertiary/aromatic N) is 3. The molecule has 0 aliphatic carbocycles. The highest BCUT2D eigenvalue weighted by molar-refractivity contribution is 7.15. The van der Waals surface area contributed by atoms with Gasteiger partial charge in [-0.05, 0) is 59.5 Å². The first-order chi connectivity index (χ1) is 13.8. The number of methoxy groups -OCH3 is 1. The lowest BCUT2D eigenvalue weighted by Crippen LogP contribution is -2.41. The van der Waals surface area contributed by atoms with Gasteiger partial charge < -0.3 is 14.4 Å². The fraction of sp³-hybridized carbons (Fsp3) is 0.762. The van der Waals surface area contributed by atoms with Gasteiger partial charge in [0.2, 0.25) is 0 Å². The van der Waals surface area contributed by atoms with Crippen LogP contribution in [0.4, 0.5) is 5.13 Å². The van der Waals surface area contributed by atoms with E-state index in [1.54, 1.807) is 11.3 Å². The molecule has 2 fully saturated rings. The van der Waals surface area contributed by atoms with E-state index in [1.807, 2.05) is 27.0 Å². The summed E-state index contributed by atoms with van der Waals surface area (Å²) in [4.78, 5) is 34.6. The first kappa shape index (κ1) is 22.0. The van der Waals surface area contributed by atoms with Crippen molar-refractivity contribution in [3.63, 3.8) is 0 Å². The Balaban J connectivity index is 1.74. The van der Waals surface area contributed by atoms with Gasteiger partial charge >= 0.3 is 11.9 Å². The first-order valence-corrected chi connectivity index (χ1v) is 11.3. The van der Waals surface area contributed by atoms with Crippen LogP contribution in [0.1, 0.15) is 57.8 Å². The van der Waals surface area contributed by atoms with E-state index in [2.05, 4.69) is 14.8 Å². The Morgan fingerprint density at radius 3 is 2.62 bits per heavy atom. The van der Waals surface area contributed by atoms with Gasteiger partial charge in [0.1, 0.15) is 11.6 Å². The Bertz CT molecular complexity index is 709. The van der Waals surface area contributed by atoms with Crippen molar-refractivity contribution in [2.45, 2.75) is 77.0 Å². The molecule has 2 atom stereocenters. The molecule has 2 aliphatic heterocycles. The number of aromatic nitrogens is 1. The number of hydrogen-bond acceptors (Lipinski definition) is 8. The largest absolute Gasteiger partial charge is 0.469 e. The molecule has 162 valence electrons. The molecular weight excluding hydrogens is 390 g/mol. The summed E-state index contributed by atoms with van der Waals surface area (Å²) >= 11 is 1.55. The molecule has 0 bridgehead atoms. The molecule has 29 heavy (non-hydrogen) atoms. The summed E-state index contributed by atoms with van der Waals surface area (Å²) in [5, 5.41) is 0.834. The van der Waals surface area contributed by atoms with Crippen LogP contribution in [0.25, 0.3) is 0 Å². The fourth-order valence-electron chi connectivity index (χ4n) is 4.04. The zero-order valence-corrected chi connectivity index (χ0v) is 18.8. The molecule has 0 saturated carbocycles. The molecule has 3 heterocycles. The number of likely N-dealkylation sites (tertiary alicyclic amines) is 1. The number of anilines is 1.